The third kappa shape index (κ3) is 3.95. The van der Waals surface area contributed by atoms with Crippen molar-refractivity contribution >= 4 is 23.5 Å². The zero-order valence-electron chi connectivity index (χ0n) is 13.6. The number of phenols is 2. The Kier molecular flexibility index (Phi) is 4.65. The van der Waals surface area contributed by atoms with E-state index in [9.17, 15) is 15.0 Å². The summed E-state index contributed by atoms with van der Waals surface area (Å²) < 4.78 is 0. The molecule has 0 spiro atoms. The van der Waals surface area contributed by atoms with Crippen molar-refractivity contribution in [1.29, 1.82) is 0 Å². The largest absolute Gasteiger partial charge is 0.508 e. The number of amides is 1. The molecule has 0 fully saturated rings. The summed E-state index contributed by atoms with van der Waals surface area (Å²) in [5.41, 5.74) is 8.43. The van der Waals surface area contributed by atoms with Crippen LogP contribution in [0.3, 0.4) is 0 Å². The maximum absolute atomic E-state index is 11.3. The lowest BCUT2D eigenvalue weighted by Crippen LogP contribution is -2.31. The zero-order valence-corrected chi connectivity index (χ0v) is 13.6. The van der Waals surface area contributed by atoms with Gasteiger partial charge in [-0.1, -0.05) is 19.1 Å². The number of hydrogen-bond acceptors (Lipinski definition) is 6. The first-order valence-corrected chi connectivity index (χ1v) is 7.81. The SMILES string of the molecule is CC1CC(=O)NN=C1c1ccc(N/N=C/c2ccc(O)cc2O)cc1. The molecule has 0 aromatic heterocycles. The molecule has 0 bridgehead atoms. The van der Waals surface area contributed by atoms with E-state index in [4.69, 9.17) is 0 Å². The Balaban J connectivity index is 1.67. The van der Waals surface area contributed by atoms with Gasteiger partial charge in [0.2, 0.25) is 5.91 Å². The van der Waals surface area contributed by atoms with Crippen LogP contribution >= 0.6 is 0 Å². The molecule has 2 aromatic rings. The fraction of sp³-hybridized carbons (Fsp3) is 0.167. The van der Waals surface area contributed by atoms with Gasteiger partial charge in [0.05, 0.1) is 17.6 Å². The molecule has 1 unspecified atom stereocenters. The summed E-state index contributed by atoms with van der Waals surface area (Å²) >= 11 is 0. The molecule has 0 saturated heterocycles. The molecular weight excluding hydrogens is 320 g/mol. The standard InChI is InChI=1S/C18H18N4O3/c1-11-8-17(25)21-22-18(11)12-2-5-14(6-3-12)20-19-10-13-4-7-15(23)9-16(13)24/h2-7,9-11,20,23-24H,8H2,1H3,(H,21,25)/b19-10+. The van der Waals surface area contributed by atoms with Crippen LogP contribution in [0, 0.1) is 5.92 Å². The van der Waals surface area contributed by atoms with Crippen LogP contribution in [0.25, 0.3) is 0 Å². The first-order chi connectivity index (χ1) is 12.0. The van der Waals surface area contributed by atoms with E-state index in [1.54, 1.807) is 6.07 Å². The lowest BCUT2D eigenvalue weighted by Gasteiger charge is -2.19. The third-order valence-corrected chi connectivity index (χ3v) is 3.85. The van der Waals surface area contributed by atoms with Crippen molar-refractivity contribution in [3.05, 3.63) is 53.6 Å². The van der Waals surface area contributed by atoms with Gasteiger partial charge < -0.3 is 10.2 Å². The summed E-state index contributed by atoms with van der Waals surface area (Å²) in [6.07, 6.45) is 1.89. The number of nitrogens with zero attached hydrogens (tertiary/aromatic N) is 2. The van der Waals surface area contributed by atoms with E-state index in [1.165, 1.54) is 18.3 Å². The van der Waals surface area contributed by atoms with Gasteiger partial charge >= 0.3 is 0 Å². The van der Waals surface area contributed by atoms with Gasteiger partial charge in [0.25, 0.3) is 0 Å². The number of anilines is 1. The highest BCUT2D eigenvalue weighted by molar-refractivity contribution is 6.05. The molecule has 7 nitrogen and oxygen atoms in total. The summed E-state index contributed by atoms with van der Waals surface area (Å²) in [6.45, 7) is 1.97. The molecule has 1 atom stereocenters. The molecule has 2 aromatic carbocycles. The van der Waals surface area contributed by atoms with Crippen molar-refractivity contribution in [3.63, 3.8) is 0 Å². The van der Waals surface area contributed by atoms with Gasteiger partial charge in [0, 0.05) is 24.0 Å². The number of hydrogen-bond donors (Lipinski definition) is 4. The maximum atomic E-state index is 11.3. The van der Waals surface area contributed by atoms with Gasteiger partial charge in [-0.3, -0.25) is 10.2 Å². The van der Waals surface area contributed by atoms with Crippen molar-refractivity contribution in [2.45, 2.75) is 13.3 Å². The molecule has 1 amide bonds. The molecule has 1 aliphatic heterocycles. The van der Waals surface area contributed by atoms with E-state index < -0.39 is 0 Å². The summed E-state index contributed by atoms with van der Waals surface area (Å²) in [4.78, 5) is 11.3. The van der Waals surface area contributed by atoms with E-state index in [0.29, 0.717) is 12.0 Å². The summed E-state index contributed by atoms with van der Waals surface area (Å²) in [5.74, 6) is -0.0501. The van der Waals surface area contributed by atoms with Crippen molar-refractivity contribution in [2.24, 2.45) is 16.1 Å². The van der Waals surface area contributed by atoms with Gasteiger partial charge in [0.15, 0.2) is 0 Å². The predicted molar refractivity (Wildman–Crippen MR) is 95.9 cm³/mol. The topological polar surface area (TPSA) is 106 Å². The van der Waals surface area contributed by atoms with Gasteiger partial charge in [-0.25, -0.2) is 5.43 Å². The molecule has 0 saturated carbocycles. The van der Waals surface area contributed by atoms with E-state index in [0.717, 1.165) is 17.0 Å². The minimum atomic E-state index is -0.0682. The number of phenolic OH excluding ortho intramolecular Hbond substituents is 2. The first-order valence-electron chi connectivity index (χ1n) is 7.81. The fourth-order valence-corrected chi connectivity index (χ4v) is 2.54. The molecule has 7 heteroatoms. The molecule has 3 rings (SSSR count). The van der Waals surface area contributed by atoms with Crippen LogP contribution in [0.4, 0.5) is 5.69 Å². The second kappa shape index (κ2) is 7.04. The normalized spacial score (nSPS) is 17.2. The lowest BCUT2D eigenvalue weighted by atomic mass is 9.94. The molecule has 1 heterocycles. The number of hydrazone groups is 2. The van der Waals surface area contributed by atoms with Crippen LogP contribution in [-0.2, 0) is 4.79 Å². The number of benzene rings is 2. The van der Waals surface area contributed by atoms with Crippen molar-refractivity contribution in [2.75, 3.05) is 5.43 Å². The van der Waals surface area contributed by atoms with Crippen molar-refractivity contribution < 1.29 is 15.0 Å². The lowest BCUT2D eigenvalue weighted by molar-refractivity contribution is -0.121. The molecule has 1 aliphatic rings. The average Bonchev–Trinajstić information content (AvgIpc) is 2.58. The Bertz CT molecular complexity index is 844. The van der Waals surface area contributed by atoms with E-state index >= 15 is 0 Å². The summed E-state index contributed by atoms with van der Waals surface area (Å²) in [6, 6.07) is 11.8. The minimum absolute atomic E-state index is 0.00533. The highest BCUT2D eigenvalue weighted by Crippen LogP contribution is 2.21. The van der Waals surface area contributed by atoms with Gasteiger partial charge in [-0.2, -0.15) is 10.2 Å². The number of carbonyl (C=O) groups is 1. The Morgan fingerprint density at radius 1 is 1.24 bits per heavy atom. The number of carbonyl (C=O) groups excluding carboxylic acids is 1. The Labute approximate surface area is 144 Å². The van der Waals surface area contributed by atoms with E-state index in [1.807, 2.05) is 31.2 Å². The molecular formula is C18H18N4O3. The maximum Gasteiger partial charge on any atom is 0.240 e. The van der Waals surface area contributed by atoms with Gasteiger partial charge in [0.1, 0.15) is 11.5 Å². The second-order valence-corrected chi connectivity index (χ2v) is 5.83. The predicted octanol–water partition coefficient (Wildman–Crippen LogP) is 2.40. The molecule has 4 N–H and O–H groups in total. The fourth-order valence-electron chi connectivity index (χ4n) is 2.54. The Morgan fingerprint density at radius 3 is 2.68 bits per heavy atom. The summed E-state index contributed by atoms with van der Waals surface area (Å²) in [5, 5.41) is 27.1. The van der Waals surface area contributed by atoms with Crippen LogP contribution in [0.2, 0.25) is 0 Å². The van der Waals surface area contributed by atoms with E-state index in [-0.39, 0.29) is 23.3 Å². The molecule has 128 valence electrons. The number of aromatic hydroxyl groups is 2. The van der Waals surface area contributed by atoms with Crippen LogP contribution in [0.15, 0.2) is 52.7 Å². The van der Waals surface area contributed by atoms with Crippen LogP contribution in [-0.4, -0.2) is 28.0 Å². The number of nitrogens with one attached hydrogen (secondary N) is 2. The highest BCUT2D eigenvalue weighted by atomic mass is 16.3. The van der Waals surface area contributed by atoms with Crippen LogP contribution in [0.1, 0.15) is 24.5 Å². The summed E-state index contributed by atoms with van der Waals surface area (Å²) in [7, 11) is 0. The Hall–Kier alpha value is -3.35. The molecule has 0 radical (unpaired) electrons. The van der Waals surface area contributed by atoms with Crippen LogP contribution in [0.5, 0.6) is 11.5 Å². The quantitative estimate of drug-likeness (QED) is 0.507. The molecule has 0 aliphatic carbocycles. The third-order valence-electron chi connectivity index (χ3n) is 3.85. The van der Waals surface area contributed by atoms with Crippen LogP contribution < -0.4 is 10.9 Å². The van der Waals surface area contributed by atoms with Gasteiger partial charge in [-0.15, -0.1) is 0 Å². The average molecular weight is 338 g/mol. The van der Waals surface area contributed by atoms with Crippen molar-refractivity contribution in [1.82, 2.24) is 5.43 Å². The first kappa shape index (κ1) is 16.5. The number of rotatable bonds is 4. The van der Waals surface area contributed by atoms with Crippen molar-refractivity contribution in [3.8, 4) is 11.5 Å². The Morgan fingerprint density at radius 2 is 2.00 bits per heavy atom. The van der Waals surface area contributed by atoms with E-state index in [2.05, 4.69) is 21.1 Å². The van der Waals surface area contributed by atoms with Gasteiger partial charge in [-0.05, 0) is 29.8 Å². The minimum Gasteiger partial charge on any atom is -0.508 e. The monoisotopic (exact) mass is 338 g/mol. The zero-order chi connectivity index (χ0) is 17.8. The highest BCUT2D eigenvalue weighted by Gasteiger charge is 2.21. The molecule has 25 heavy (non-hydrogen) atoms. The second-order valence-electron chi connectivity index (χ2n) is 5.83. The smallest absolute Gasteiger partial charge is 0.240 e.